The van der Waals surface area contributed by atoms with Gasteiger partial charge in [-0.05, 0) is 55.3 Å². The second-order valence-electron chi connectivity index (χ2n) is 5.57. The van der Waals surface area contributed by atoms with E-state index in [9.17, 15) is 9.18 Å². The topological polar surface area (TPSA) is 34.9 Å². The Kier molecular flexibility index (Phi) is 4.18. The van der Waals surface area contributed by atoms with Gasteiger partial charge in [-0.2, -0.15) is 0 Å². The molecule has 3 rings (SSSR count). The quantitative estimate of drug-likeness (QED) is 0.711. The van der Waals surface area contributed by atoms with E-state index >= 15 is 0 Å². The summed E-state index contributed by atoms with van der Waals surface area (Å²) in [5.41, 5.74) is 1.83. The van der Waals surface area contributed by atoms with Gasteiger partial charge in [0.25, 0.3) is 5.56 Å². The first kappa shape index (κ1) is 15.7. The zero-order valence-corrected chi connectivity index (χ0v) is 13.7. The van der Waals surface area contributed by atoms with Gasteiger partial charge in [0.2, 0.25) is 0 Å². The van der Waals surface area contributed by atoms with Crippen molar-refractivity contribution in [2.45, 2.75) is 26.7 Å². The number of aromatic nitrogens is 2. The molecule has 0 radical (unpaired) electrons. The number of nitrogens with zero attached hydrogens (tertiary/aromatic N) is 2. The minimum absolute atomic E-state index is 0.266. The molecule has 0 N–H and O–H groups in total. The van der Waals surface area contributed by atoms with Crippen molar-refractivity contribution in [1.29, 1.82) is 0 Å². The van der Waals surface area contributed by atoms with Gasteiger partial charge in [-0.15, -0.1) is 0 Å². The van der Waals surface area contributed by atoms with Gasteiger partial charge < -0.3 is 0 Å². The molecule has 0 bridgehead atoms. The normalized spacial score (nSPS) is 11.1. The summed E-state index contributed by atoms with van der Waals surface area (Å²) < 4.78 is 15.1. The summed E-state index contributed by atoms with van der Waals surface area (Å²) in [7, 11) is 0. The first-order valence-corrected chi connectivity index (χ1v) is 7.86. The molecule has 3 aromatic rings. The lowest BCUT2D eigenvalue weighted by atomic mass is 10.2. The van der Waals surface area contributed by atoms with Crippen LogP contribution in [-0.4, -0.2) is 9.55 Å². The Bertz CT molecular complexity index is 929. The molecule has 5 heteroatoms. The second-order valence-corrected chi connectivity index (χ2v) is 6.00. The van der Waals surface area contributed by atoms with Crippen LogP contribution in [-0.2, 0) is 6.42 Å². The van der Waals surface area contributed by atoms with Crippen LogP contribution in [0.1, 0.15) is 24.7 Å². The van der Waals surface area contributed by atoms with Gasteiger partial charge in [0.05, 0.1) is 16.6 Å². The maximum atomic E-state index is 13.5. The fourth-order valence-corrected chi connectivity index (χ4v) is 2.99. The smallest absolute Gasteiger partial charge is 0.266 e. The Morgan fingerprint density at radius 1 is 1.22 bits per heavy atom. The molecule has 0 unspecified atom stereocenters. The third-order valence-electron chi connectivity index (χ3n) is 3.66. The van der Waals surface area contributed by atoms with E-state index in [0.29, 0.717) is 28.5 Å². The molecule has 0 aliphatic rings. The van der Waals surface area contributed by atoms with E-state index in [1.54, 1.807) is 12.1 Å². The van der Waals surface area contributed by atoms with E-state index in [1.807, 2.05) is 26.0 Å². The molecule has 0 spiro atoms. The van der Waals surface area contributed by atoms with Gasteiger partial charge in [0, 0.05) is 11.4 Å². The summed E-state index contributed by atoms with van der Waals surface area (Å²) in [6.45, 7) is 3.93. The standard InChI is InChI=1S/C18H16ClFN2O/c1-3-4-17-21-16-6-5-13(20)10-15(16)18(23)22(17)14-8-11(2)7-12(19)9-14/h5-10H,3-4H2,1-2H3. The molecular weight excluding hydrogens is 315 g/mol. The van der Waals surface area contributed by atoms with Gasteiger partial charge in [0.15, 0.2) is 0 Å². The zero-order chi connectivity index (χ0) is 16.6. The molecule has 0 amide bonds. The Hall–Kier alpha value is -2.20. The van der Waals surface area contributed by atoms with E-state index in [2.05, 4.69) is 4.98 Å². The highest BCUT2D eigenvalue weighted by atomic mass is 35.5. The Labute approximate surface area is 138 Å². The zero-order valence-electron chi connectivity index (χ0n) is 12.9. The third kappa shape index (κ3) is 2.99. The molecule has 2 aromatic carbocycles. The number of rotatable bonds is 3. The van der Waals surface area contributed by atoms with Crippen molar-refractivity contribution in [3.8, 4) is 5.69 Å². The maximum absolute atomic E-state index is 13.5. The van der Waals surface area contributed by atoms with Crippen LogP contribution in [0.5, 0.6) is 0 Å². The lowest BCUT2D eigenvalue weighted by molar-refractivity contribution is 0.629. The molecule has 1 aromatic heterocycles. The van der Waals surface area contributed by atoms with E-state index in [4.69, 9.17) is 11.6 Å². The van der Waals surface area contributed by atoms with Crippen molar-refractivity contribution >= 4 is 22.5 Å². The van der Waals surface area contributed by atoms with Gasteiger partial charge in [-0.1, -0.05) is 18.5 Å². The molecule has 0 aliphatic carbocycles. The number of benzene rings is 2. The van der Waals surface area contributed by atoms with Crippen LogP contribution in [0, 0.1) is 12.7 Å². The predicted molar refractivity (Wildman–Crippen MR) is 91.0 cm³/mol. The molecule has 0 fully saturated rings. The minimum atomic E-state index is -0.450. The Morgan fingerprint density at radius 2 is 2.00 bits per heavy atom. The summed E-state index contributed by atoms with van der Waals surface area (Å²) in [5.74, 6) is 0.201. The van der Waals surface area contributed by atoms with Crippen LogP contribution in [0.25, 0.3) is 16.6 Å². The van der Waals surface area contributed by atoms with Gasteiger partial charge in [-0.3, -0.25) is 9.36 Å². The summed E-state index contributed by atoms with van der Waals surface area (Å²) in [6.07, 6.45) is 1.49. The summed E-state index contributed by atoms with van der Waals surface area (Å²) in [4.78, 5) is 17.5. The molecule has 0 aliphatic heterocycles. The average molecular weight is 331 g/mol. The molecule has 118 valence electrons. The third-order valence-corrected chi connectivity index (χ3v) is 3.88. The number of aryl methyl sites for hydroxylation is 2. The van der Waals surface area contributed by atoms with Crippen molar-refractivity contribution in [2.75, 3.05) is 0 Å². The number of fused-ring (bicyclic) bond motifs is 1. The average Bonchev–Trinajstić information content (AvgIpc) is 2.47. The summed E-state index contributed by atoms with van der Waals surface area (Å²) in [6, 6.07) is 9.51. The molecule has 0 atom stereocenters. The number of halogens is 2. The predicted octanol–water partition coefficient (Wildman–Crippen LogP) is 4.44. The molecule has 23 heavy (non-hydrogen) atoms. The summed E-state index contributed by atoms with van der Waals surface area (Å²) in [5, 5.41) is 0.816. The highest BCUT2D eigenvalue weighted by Gasteiger charge is 2.13. The van der Waals surface area contributed by atoms with Crippen LogP contribution in [0.4, 0.5) is 4.39 Å². The Morgan fingerprint density at radius 3 is 2.70 bits per heavy atom. The van der Waals surface area contributed by atoms with Crippen LogP contribution in [0.3, 0.4) is 0 Å². The van der Waals surface area contributed by atoms with Crippen LogP contribution in [0.2, 0.25) is 5.02 Å². The van der Waals surface area contributed by atoms with Gasteiger partial charge in [-0.25, -0.2) is 9.37 Å². The van der Waals surface area contributed by atoms with Crippen LogP contribution >= 0.6 is 11.6 Å². The highest BCUT2D eigenvalue weighted by molar-refractivity contribution is 6.30. The fraction of sp³-hybridized carbons (Fsp3) is 0.222. The largest absolute Gasteiger partial charge is 0.268 e. The lowest BCUT2D eigenvalue weighted by Gasteiger charge is -2.14. The summed E-state index contributed by atoms with van der Waals surface area (Å²) >= 11 is 6.13. The van der Waals surface area contributed by atoms with Gasteiger partial charge in [0.1, 0.15) is 11.6 Å². The van der Waals surface area contributed by atoms with E-state index < -0.39 is 5.82 Å². The second kappa shape index (κ2) is 6.13. The molecular formula is C18H16ClFN2O. The minimum Gasteiger partial charge on any atom is -0.268 e. The fourth-order valence-electron chi connectivity index (χ4n) is 2.71. The van der Waals surface area contributed by atoms with E-state index in [-0.39, 0.29) is 10.9 Å². The SMILES string of the molecule is CCCc1nc2ccc(F)cc2c(=O)n1-c1cc(C)cc(Cl)c1. The van der Waals surface area contributed by atoms with Crippen LogP contribution in [0.15, 0.2) is 41.2 Å². The Balaban J connectivity index is 2.39. The van der Waals surface area contributed by atoms with E-state index in [1.165, 1.54) is 16.7 Å². The monoisotopic (exact) mass is 330 g/mol. The molecule has 3 nitrogen and oxygen atoms in total. The first-order chi connectivity index (χ1) is 11.0. The van der Waals surface area contributed by atoms with Crippen molar-refractivity contribution in [3.63, 3.8) is 0 Å². The van der Waals surface area contributed by atoms with Crippen molar-refractivity contribution < 1.29 is 4.39 Å². The van der Waals surface area contributed by atoms with E-state index in [0.717, 1.165) is 12.0 Å². The van der Waals surface area contributed by atoms with Gasteiger partial charge >= 0.3 is 0 Å². The van der Waals surface area contributed by atoms with Crippen molar-refractivity contribution in [1.82, 2.24) is 9.55 Å². The lowest BCUT2D eigenvalue weighted by Crippen LogP contribution is -2.24. The van der Waals surface area contributed by atoms with Crippen molar-refractivity contribution in [2.24, 2.45) is 0 Å². The maximum Gasteiger partial charge on any atom is 0.266 e. The molecule has 0 saturated carbocycles. The highest BCUT2D eigenvalue weighted by Crippen LogP contribution is 2.20. The number of hydrogen-bond acceptors (Lipinski definition) is 2. The molecule has 0 saturated heterocycles. The molecule has 1 heterocycles. The van der Waals surface area contributed by atoms with Crippen molar-refractivity contribution in [3.05, 3.63) is 69.0 Å². The van der Waals surface area contributed by atoms with Crippen LogP contribution < -0.4 is 5.56 Å². The first-order valence-electron chi connectivity index (χ1n) is 7.48. The number of hydrogen-bond donors (Lipinski definition) is 0.